The lowest BCUT2D eigenvalue weighted by atomic mass is 9.84. The Morgan fingerprint density at radius 1 is 1.03 bits per heavy atom. The third kappa shape index (κ3) is 4.83. The van der Waals surface area contributed by atoms with Gasteiger partial charge in [0.05, 0.1) is 21.7 Å². The predicted molar refractivity (Wildman–Crippen MR) is 142 cm³/mol. The van der Waals surface area contributed by atoms with Gasteiger partial charge in [-0.25, -0.2) is 0 Å². The van der Waals surface area contributed by atoms with Crippen LogP contribution in [0.25, 0.3) is 0 Å². The fourth-order valence-corrected chi connectivity index (χ4v) is 6.58. The van der Waals surface area contributed by atoms with Crippen molar-refractivity contribution in [2.24, 2.45) is 0 Å². The smallest absolute Gasteiger partial charge is 0.258 e. The van der Waals surface area contributed by atoms with Crippen molar-refractivity contribution >= 4 is 35.0 Å². The number of fused-ring (bicyclic) bond motifs is 1. The van der Waals surface area contributed by atoms with Gasteiger partial charge in [0.2, 0.25) is 5.91 Å². The van der Waals surface area contributed by atoms with E-state index in [1.807, 2.05) is 24.3 Å². The number of carbonyl (C=O) groups is 2. The van der Waals surface area contributed by atoms with E-state index in [9.17, 15) is 14.7 Å². The molecular weight excluding hydrogens is 497 g/mol. The Hall–Kier alpha value is -2.28. The molecule has 2 aromatic rings. The molecule has 2 unspecified atom stereocenters. The zero-order valence-corrected chi connectivity index (χ0v) is 22.1. The number of hydrogen-bond donors (Lipinski definition) is 1. The number of phenols is 1. The average molecular weight is 530 g/mol. The molecule has 2 fully saturated rings. The standard InChI is InChI=1S/C28H33Cl2N3O3/c1-31-27(21-5-4-6-24(34)26(21)28(31)36)20(18-8-9-22(29)23(30)17-18)12-16-32-14-10-19(11-15-32)33-13-3-2-7-25(33)35/h4-6,8-9,17,19-20,27,34H,2-3,7,10-16H2,1H3. The highest BCUT2D eigenvalue weighted by atomic mass is 35.5. The molecule has 0 bridgehead atoms. The van der Waals surface area contributed by atoms with Gasteiger partial charge >= 0.3 is 0 Å². The van der Waals surface area contributed by atoms with Gasteiger partial charge in [-0.3, -0.25) is 9.59 Å². The van der Waals surface area contributed by atoms with Crippen LogP contribution in [-0.2, 0) is 4.79 Å². The van der Waals surface area contributed by atoms with E-state index in [4.69, 9.17) is 23.2 Å². The number of rotatable bonds is 6. The molecule has 3 aliphatic rings. The van der Waals surface area contributed by atoms with Gasteiger partial charge in [-0.2, -0.15) is 0 Å². The molecule has 2 amide bonds. The molecule has 2 aromatic carbocycles. The van der Waals surface area contributed by atoms with Crippen molar-refractivity contribution in [2.45, 2.75) is 56.5 Å². The fraction of sp³-hybridized carbons (Fsp3) is 0.500. The van der Waals surface area contributed by atoms with Gasteiger partial charge in [0.1, 0.15) is 5.75 Å². The molecule has 1 N–H and O–H groups in total. The summed E-state index contributed by atoms with van der Waals surface area (Å²) in [6, 6.07) is 11.2. The third-order valence-corrected chi connectivity index (χ3v) is 8.95. The van der Waals surface area contributed by atoms with E-state index < -0.39 is 0 Å². The normalized spacial score (nSPS) is 22.2. The first kappa shape index (κ1) is 25.4. The van der Waals surface area contributed by atoms with Crippen molar-refractivity contribution in [1.82, 2.24) is 14.7 Å². The average Bonchev–Trinajstić information content (AvgIpc) is 3.13. The molecule has 5 rings (SSSR count). The van der Waals surface area contributed by atoms with Crippen molar-refractivity contribution in [2.75, 3.05) is 33.2 Å². The Bertz CT molecular complexity index is 1150. The zero-order valence-electron chi connectivity index (χ0n) is 20.6. The topological polar surface area (TPSA) is 64.1 Å². The Morgan fingerprint density at radius 3 is 2.53 bits per heavy atom. The second kappa shape index (κ2) is 10.6. The van der Waals surface area contributed by atoms with E-state index in [1.165, 1.54) is 0 Å². The molecule has 192 valence electrons. The lowest BCUT2D eigenvalue weighted by Gasteiger charge is -2.41. The maximum Gasteiger partial charge on any atom is 0.258 e. The molecule has 6 nitrogen and oxygen atoms in total. The van der Waals surface area contributed by atoms with E-state index in [0.717, 1.165) is 69.4 Å². The molecule has 3 heterocycles. The summed E-state index contributed by atoms with van der Waals surface area (Å²) in [5.41, 5.74) is 2.27. The predicted octanol–water partition coefficient (Wildman–Crippen LogP) is 5.48. The summed E-state index contributed by atoms with van der Waals surface area (Å²) >= 11 is 12.6. The minimum Gasteiger partial charge on any atom is -0.507 e. The number of aromatic hydroxyl groups is 1. The van der Waals surface area contributed by atoms with Crippen molar-refractivity contribution in [3.63, 3.8) is 0 Å². The third-order valence-electron chi connectivity index (χ3n) is 8.21. The summed E-state index contributed by atoms with van der Waals surface area (Å²) in [4.78, 5) is 31.8. The minimum atomic E-state index is -0.208. The Labute approximate surface area is 222 Å². The lowest BCUT2D eigenvalue weighted by Crippen LogP contribution is -2.49. The van der Waals surface area contributed by atoms with Crippen molar-refractivity contribution < 1.29 is 14.7 Å². The highest BCUT2D eigenvalue weighted by molar-refractivity contribution is 6.42. The maximum absolute atomic E-state index is 13.1. The summed E-state index contributed by atoms with van der Waals surface area (Å²) in [7, 11) is 1.80. The minimum absolute atomic E-state index is 0.0156. The summed E-state index contributed by atoms with van der Waals surface area (Å²) in [5.74, 6) is 0.160. The van der Waals surface area contributed by atoms with Gasteiger partial charge in [-0.15, -0.1) is 0 Å². The van der Waals surface area contributed by atoms with Crippen LogP contribution >= 0.6 is 23.2 Å². The van der Waals surface area contributed by atoms with Crippen LogP contribution in [0, 0.1) is 0 Å². The fourth-order valence-electron chi connectivity index (χ4n) is 6.27. The number of benzene rings is 2. The summed E-state index contributed by atoms with van der Waals surface area (Å²) in [5, 5.41) is 11.4. The van der Waals surface area contributed by atoms with Crippen molar-refractivity contribution in [3.05, 3.63) is 63.1 Å². The monoisotopic (exact) mass is 529 g/mol. The molecule has 0 radical (unpaired) electrons. The zero-order chi connectivity index (χ0) is 25.4. The van der Waals surface area contributed by atoms with E-state index in [0.29, 0.717) is 34.0 Å². The second-order valence-electron chi connectivity index (χ2n) is 10.3. The number of phenolic OH excluding ortho intramolecular Hbond substituents is 1. The van der Waals surface area contributed by atoms with Crippen LogP contribution in [0.3, 0.4) is 0 Å². The van der Waals surface area contributed by atoms with E-state index in [1.54, 1.807) is 24.1 Å². The first-order valence-electron chi connectivity index (χ1n) is 12.9. The molecule has 0 aliphatic carbocycles. The largest absolute Gasteiger partial charge is 0.507 e. The number of halogens is 2. The first-order valence-corrected chi connectivity index (χ1v) is 13.7. The van der Waals surface area contributed by atoms with Crippen LogP contribution in [0.1, 0.15) is 72.0 Å². The highest BCUT2D eigenvalue weighted by Crippen LogP contribution is 2.47. The molecule has 36 heavy (non-hydrogen) atoms. The number of carbonyl (C=O) groups excluding carboxylic acids is 2. The van der Waals surface area contributed by atoms with Crippen LogP contribution in [0.2, 0.25) is 10.0 Å². The van der Waals surface area contributed by atoms with Crippen LogP contribution < -0.4 is 0 Å². The first-order chi connectivity index (χ1) is 17.3. The Kier molecular flexibility index (Phi) is 7.47. The van der Waals surface area contributed by atoms with Gasteiger partial charge in [-0.1, -0.05) is 41.4 Å². The number of likely N-dealkylation sites (N-methyl/N-ethyl adjacent to an activating group) is 1. The molecule has 0 spiro atoms. The van der Waals surface area contributed by atoms with Gasteiger partial charge in [0.15, 0.2) is 0 Å². The van der Waals surface area contributed by atoms with Crippen LogP contribution in [0.15, 0.2) is 36.4 Å². The van der Waals surface area contributed by atoms with E-state index >= 15 is 0 Å². The van der Waals surface area contributed by atoms with Crippen molar-refractivity contribution in [3.8, 4) is 5.75 Å². The van der Waals surface area contributed by atoms with Gasteiger partial charge < -0.3 is 19.8 Å². The van der Waals surface area contributed by atoms with E-state index in [2.05, 4.69) is 9.80 Å². The Morgan fingerprint density at radius 2 is 1.81 bits per heavy atom. The highest BCUT2D eigenvalue weighted by Gasteiger charge is 2.41. The molecule has 2 atom stereocenters. The number of piperidine rings is 2. The van der Waals surface area contributed by atoms with Crippen LogP contribution in [0.4, 0.5) is 0 Å². The number of amides is 2. The van der Waals surface area contributed by atoms with Crippen molar-refractivity contribution in [1.29, 1.82) is 0 Å². The lowest BCUT2D eigenvalue weighted by molar-refractivity contribution is -0.136. The molecule has 3 aliphatic heterocycles. The molecule has 8 heteroatoms. The molecule has 0 aromatic heterocycles. The number of likely N-dealkylation sites (tertiary alicyclic amines) is 2. The second-order valence-corrected chi connectivity index (χ2v) is 11.1. The maximum atomic E-state index is 13.1. The number of nitrogens with zero attached hydrogens (tertiary/aromatic N) is 3. The van der Waals surface area contributed by atoms with Gasteiger partial charge in [0.25, 0.3) is 5.91 Å². The summed E-state index contributed by atoms with van der Waals surface area (Å²) in [6.07, 6.45) is 5.65. The summed E-state index contributed by atoms with van der Waals surface area (Å²) in [6.45, 7) is 3.69. The molecule has 0 saturated carbocycles. The van der Waals surface area contributed by atoms with Crippen LogP contribution in [0.5, 0.6) is 5.75 Å². The summed E-state index contributed by atoms with van der Waals surface area (Å²) < 4.78 is 0. The van der Waals surface area contributed by atoms with Gasteiger partial charge in [-0.05, 0) is 68.0 Å². The van der Waals surface area contributed by atoms with Gasteiger partial charge in [0, 0.05) is 45.1 Å². The Balaban J connectivity index is 1.34. The SMILES string of the molecule is CN1C(=O)c2c(O)cccc2C1C(CCN1CCC(N2CCCCC2=O)CC1)c1ccc(Cl)c(Cl)c1. The van der Waals surface area contributed by atoms with Crippen LogP contribution in [-0.4, -0.2) is 70.9 Å². The molecular formula is C28H33Cl2N3O3. The number of hydrogen-bond acceptors (Lipinski definition) is 4. The quantitative estimate of drug-likeness (QED) is 0.538. The van der Waals surface area contributed by atoms with E-state index in [-0.39, 0.29) is 23.6 Å². The molecule has 2 saturated heterocycles.